The Morgan fingerprint density at radius 1 is 1.03 bits per heavy atom. The minimum atomic E-state index is -4.82. The van der Waals surface area contributed by atoms with E-state index in [1.54, 1.807) is 0 Å². The molecule has 0 bridgehead atoms. The summed E-state index contributed by atoms with van der Waals surface area (Å²) in [4.78, 5) is 30.2. The molecule has 1 aliphatic heterocycles. The van der Waals surface area contributed by atoms with Crippen LogP contribution in [0, 0.1) is 0 Å². The molecule has 4 heterocycles. The van der Waals surface area contributed by atoms with Crippen molar-refractivity contribution in [3.05, 3.63) is 35.4 Å². The molecule has 3 aromatic rings. The highest BCUT2D eigenvalue weighted by atomic mass is 32.1. The fourth-order valence-electron chi connectivity index (χ4n) is 3.90. The zero-order chi connectivity index (χ0) is 28.8. The van der Waals surface area contributed by atoms with Gasteiger partial charge in [0.05, 0.1) is 12.6 Å². The number of nitrogens with zero attached hydrogens (tertiary/aromatic N) is 8. The molecule has 1 N–H and O–H groups in total. The molecule has 1 amide bonds. The average molecular weight is 579 g/mol. The van der Waals surface area contributed by atoms with E-state index in [2.05, 4.69) is 25.0 Å². The number of aliphatic hydroxyl groups is 1. The summed E-state index contributed by atoms with van der Waals surface area (Å²) >= 11 is 0.312. The maximum atomic E-state index is 13.5. The van der Waals surface area contributed by atoms with Crippen LogP contribution < -0.4 is 4.90 Å². The second-order valence-corrected chi connectivity index (χ2v) is 10.8. The van der Waals surface area contributed by atoms with E-state index < -0.39 is 35.8 Å². The molecule has 0 spiro atoms. The number of anilines is 1. The van der Waals surface area contributed by atoms with Crippen molar-refractivity contribution >= 4 is 22.2 Å². The highest BCUT2D eigenvalue weighted by molar-refractivity contribution is 7.16. The van der Waals surface area contributed by atoms with Gasteiger partial charge in [-0.25, -0.2) is 24.6 Å². The third kappa shape index (κ3) is 6.29. The summed E-state index contributed by atoms with van der Waals surface area (Å²) in [5, 5.41) is 13.1. The summed E-state index contributed by atoms with van der Waals surface area (Å²) in [6.07, 6.45) is -6.67. The Hall–Kier alpha value is -3.34. The molecule has 0 aliphatic carbocycles. The number of alkyl halides is 6. The van der Waals surface area contributed by atoms with E-state index in [9.17, 15) is 36.2 Å². The molecular formula is C22H24F6N8O2S. The lowest BCUT2D eigenvalue weighted by Crippen LogP contribution is -2.57. The van der Waals surface area contributed by atoms with E-state index in [4.69, 9.17) is 0 Å². The Bertz CT molecular complexity index is 1320. The van der Waals surface area contributed by atoms with Crippen molar-refractivity contribution in [2.75, 3.05) is 31.1 Å². The summed E-state index contributed by atoms with van der Waals surface area (Å²) in [7, 11) is 0. The Morgan fingerprint density at radius 3 is 2.23 bits per heavy atom. The van der Waals surface area contributed by atoms with E-state index in [-0.39, 0.29) is 53.8 Å². The number of aliphatic hydroxyl groups excluding tert-OH is 1. The van der Waals surface area contributed by atoms with Crippen molar-refractivity contribution in [1.29, 1.82) is 0 Å². The van der Waals surface area contributed by atoms with Crippen LogP contribution in [0.1, 0.15) is 37.4 Å². The molecule has 10 nitrogen and oxygen atoms in total. The standard InChI is InChI=1S/C22H24F6N8O2S/c1-20(2,3)17-31-11-35(33-17)9-14(38)36-5-4-34(8-13(36)10-37)16-15(32-19(39-16)22(26,27)28)12-6-29-18(30-7-12)21(23,24)25/h6-7,11,13,37H,4-5,8-10H2,1-3H3. The first-order valence-corrected chi connectivity index (χ1v) is 12.4. The molecule has 39 heavy (non-hydrogen) atoms. The molecule has 3 aromatic heterocycles. The second kappa shape index (κ2) is 10.3. The van der Waals surface area contributed by atoms with Crippen LogP contribution in [0.15, 0.2) is 18.7 Å². The number of hydrogen-bond acceptors (Lipinski definition) is 9. The molecule has 0 radical (unpaired) electrons. The molecule has 1 aliphatic rings. The molecule has 17 heteroatoms. The van der Waals surface area contributed by atoms with Gasteiger partial charge in [0.2, 0.25) is 16.7 Å². The Kier molecular flexibility index (Phi) is 7.59. The minimum absolute atomic E-state index is 0.0160. The number of halogens is 6. The summed E-state index contributed by atoms with van der Waals surface area (Å²) in [6, 6.07) is -0.773. The zero-order valence-corrected chi connectivity index (χ0v) is 21.8. The molecule has 0 aromatic carbocycles. The van der Waals surface area contributed by atoms with Crippen molar-refractivity contribution in [3.63, 3.8) is 0 Å². The van der Waals surface area contributed by atoms with Gasteiger partial charge in [-0.15, -0.1) is 0 Å². The van der Waals surface area contributed by atoms with Crippen molar-refractivity contribution in [2.24, 2.45) is 0 Å². The number of aromatic nitrogens is 6. The Balaban J connectivity index is 1.57. The van der Waals surface area contributed by atoms with E-state index in [1.165, 1.54) is 20.8 Å². The van der Waals surface area contributed by atoms with Crippen molar-refractivity contribution in [1.82, 2.24) is 34.6 Å². The van der Waals surface area contributed by atoms with Gasteiger partial charge in [0, 0.05) is 43.0 Å². The van der Waals surface area contributed by atoms with Crippen molar-refractivity contribution in [3.8, 4) is 11.3 Å². The number of carbonyl (C=O) groups is 1. The lowest BCUT2D eigenvalue weighted by atomic mass is 9.96. The first-order chi connectivity index (χ1) is 18.1. The number of carbonyl (C=O) groups excluding carboxylic acids is 1. The molecule has 1 unspecified atom stereocenters. The van der Waals surface area contributed by atoms with Crippen LogP contribution in [0.3, 0.4) is 0 Å². The van der Waals surface area contributed by atoms with Gasteiger partial charge in [0.25, 0.3) is 0 Å². The second-order valence-electron chi connectivity index (χ2n) is 9.85. The predicted octanol–water partition coefficient (Wildman–Crippen LogP) is 3.24. The van der Waals surface area contributed by atoms with Gasteiger partial charge in [-0.2, -0.15) is 31.4 Å². The van der Waals surface area contributed by atoms with Crippen LogP contribution in [0.25, 0.3) is 11.3 Å². The molecule has 4 rings (SSSR count). The molecule has 1 saturated heterocycles. The van der Waals surface area contributed by atoms with Crippen LogP contribution in [0.5, 0.6) is 0 Å². The molecule has 1 atom stereocenters. The lowest BCUT2D eigenvalue weighted by Gasteiger charge is -2.41. The van der Waals surface area contributed by atoms with Crippen molar-refractivity contribution < 1.29 is 36.2 Å². The highest BCUT2D eigenvalue weighted by Gasteiger charge is 2.40. The number of hydrogen-bond donors (Lipinski definition) is 1. The fraction of sp³-hybridized carbons (Fsp3) is 0.545. The topological polar surface area (TPSA) is 113 Å². The largest absolute Gasteiger partial charge is 0.451 e. The number of piperazine rings is 1. The van der Waals surface area contributed by atoms with Gasteiger partial charge in [-0.3, -0.25) is 4.79 Å². The maximum Gasteiger partial charge on any atom is 0.451 e. The van der Waals surface area contributed by atoms with Crippen molar-refractivity contribution in [2.45, 2.75) is 51.1 Å². The van der Waals surface area contributed by atoms with Crippen LogP contribution in [0.2, 0.25) is 0 Å². The summed E-state index contributed by atoms with van der Waals surface area (Å²) < 4.78 is 80.5. The summed E-state index contributed by atoms with van der Waals surface area (Å²) in [5.41, 5.74) is -0.701. The van der Waals surface area contributed by atoms with Crippen LogP contribution >= 0.6 is 11.3 Å². The van der Waals surface area contributed by atoms with Gasteiger partial charge < -0.3 is 14.9 Å². The third-order valence-corrected chi connectivity index (χ3v) is 7.00. The first-order valence-electron chi connectivity index (χ1n) is 11.6. The monoisotopic (exact) mass is 578 g/mol. The smallest absolute Gasteiger partial charge is 0.394 e. The van der Waals surface area contributed by atoms with E-state index in [0.29, 0.717) is 17.2 Å². The SMILES string of the molecule is CC(C)(C)c1ncn(CC(=O)N2CCN(c3sc(C(F)(F)F)nc3-c3cnc(C(F)(F)F)nc3)CC2CO)n1. The Labute approximate surface area is 222 Å². The fourth-order valence-corrected chi connectivity index (χ4v) is 4.89. The number of rotatable bonds is 5. The Morgan fingerprint density at radius 2 is 1.69 bits per heavy atom. The maximum absolute atomic E-state index is 13.5. The number of amides is 1. The molecule has 212 valence electrons. The average Bonchev–Trinajstić information content (AvgIpc) is 3.51. The van der Waals surface area contributed by atoms with Gasteiger partial charge >= 0.3 is 12.4 Å². The minimum Gasteiger partial charge on any atom is -0.394 e. The van der Waals surface area contributed by atoms with E-state index in [0.717, 1.165) is 12.4 Å². The zero-order valence-electron chi connectivity index (χ0n) is 21.0. The highest BCUT2D eigenvalue weighted by Crippen LogP contribution is 2.43. The number of thiazole rings is 1. The normalized spacial score (nSPS) is 17.1. The summed E-state index contributed by atoms with van der Waals surface area (Å²) in [6.45, 7) is 5.25. The quantitative estimate of drug-likeness (QED) is 0.460. The van der Waals surface area contributed by atoms with Gasteiger partial charge in [-0.05, 0) is 0 Å². The summed E-state index contributed by atoms with van der Waals surface area (Å²) in [5.74, 6) is -1.26. The molecule has 1 fully saturated rings. The molecule has 0 saturated carbocycles. The predicted molar refractivity (Wildman–Crippen MR) is 127 cm³/mol. The van der Waals surface area contributed by atoms with Gasteiger partial charge in [-0.1, -0.05) is 32.1 Å². The van der Waals surface area contributed by atoms with Gasteiger partial charge in [0.15, 0.2) is 5.82 Å². The van der Waals surface area contributed by atoms with Crippen LogP contribution in [0.4, 0.5) is 31.3 Å². The van der Waals surface area contributed by atoms with E-state index >= 15 is 0 Å². The first kappa shape index (κ1) is 28.7. The van der Waals surface area contributed by atoms with Gasteiger partial charge in [0.1, 0.15) is 23.6 Å². The van der Waals surface area contributed by atoms with Crippen LogP contribution in [-0.2, 0) is 29.1 Å². The van der Waals surface area contributed by atoms with E-state index in [1.807, 2.05) is 20.8 Å². The third-order valence-electron chi connectivity index (χ3n) is 5.84. The van der Waals surface area contributed by atoms with Crippen LogP contribution in [-0.4, -0.2) is 77.9 Å². The lowest BCUT2D eigenvalue weighted by molar-refractivity contribution is -0.145. The molecular weight excluding hydrogens is 554 g/mol.